The van der Waals surface area contributed by atoms with Gasteiger partial charge >= 0.3 is 6.18 Å². The molecule has 104 valence electrons. The monoisotopic (exact) mass is 273 g/mol. The van der Waals surface area contributed by atoms with Crippen molar-refractivity contribution >= 4 is 12.0 Å². The largest absolute Gasteiger partial charge is 0.416 e. The lowest BCUT2D eigenvalue weighted by molar-refractivity contribution is -0.167. The highest BCUT2D eigenvalue weighted by Crippen LogP contribution is 2.29. The van der Waals surface area contributed by atoms with Crippen LogP contribution in [0.4, 0.5) is 13.2 Å². The molecule has 1 N–H and O–H groups in total. The van der Waals surface area contributed by atoms with Crippen LogP contribution >= 0.6 is 0 Å². The van der Waals surface area contributed by atoms with Gasteiger partial charge in [-0.05, 0) is 24.6 Å². The van der Waals surface area contributed by atoms with Gasteiger partial charge in [-0.1, -0.05) is 24.3 Å². The molecule has 0 aromatic heterocycles. The van der Waals surface area contributed by atoms with Gasteiger partial charge in [-0.2, -0.15) is 13.2 Å². The Balaban J connectivity index is 2.86. The van der Waals surface area contributed by atoms with Gasteiger partial charge in [0.1, 0.15) is 0 Å². The van der Waals surface area contributed by atoms with Crippen molar-refractivity contribution in [2.24, 2.45) is 0 Å². The predicted molar refractivity (Wildman–Crippen MR) is 64.2 cm³/mol. The molecule has 0 heterocycles. The number of hydrogen-bond acceptors (Lipinski definition) is 2. The minimum atomic E-state index is -4.39. The van der Waals surface area contributed by atoms with Crippen molar-refractivity contribution in [1.82, 2.24) is 5.06 Å². The van der Waals surface area contributed by atoms with Gasteiger partial charge in [0.25, 0.3) is 0 Å². The number of halogens is 3. The van der Waals surface area contributed by atoms with Crippen LogP contribution in [0.1, 0.15) is 25.0 Å². The molecule has 3 nitrogen and oxygen atoms in total. The summed E-state index contributed by atoms with van der Waals surface area (Å²) >= 11 is 0. The van der Waals surface area contributed by atoms with E-state index in [1.807, 2.05) is 0 Å². The third-order valence-electron chi connectivity index (χ3n) is 2.49. The van der Waals surface area contributed by atoms with Gasteiger partial charge in [-0.25, -0.2) is 5.06 Å². The molecule has 0 spiro atoms. The first-order valence-electron chi connectivity index (χ1n) is 5.56. The van der Waals surface area contributed by atoms with Crippen molar-refractivity contribution in [2.75, 3.05) is 0 Å². The van der Waals surface area contributed by atoms with Gasteiger partial charge in [0, 0.05) is 6.92 Å². The molecule has 0 aliphatic rings. The summed E-state index contributed by atoms with van der Waals surface area (Å²) < 4.78 is 37.5. The number of rotatable bonds is 3. The average Bonchev–Trinajstić information content (AvgIpc) is 2.34. The Morgan fingerprint density at radius 3 is 2.58 bits per heavy atom. The van der Waals surface area contributed by atoms with Gasteiger partial charge in [-0.15, -0.1) is 0 Å². The van der Waals surface area contributed by atoms with E-state index in [1.165, 1.54) is 31.2 Å². The van der Waals surface area contributed by atoms with E-state index >= 15 is 0 Å². The highest BCUT2D eigenvalue weighted by atomic mass is 19.4. The van der Waals surface area contributed by atoms with Crippen LogP contribution in [0.15, 0.2) is 30.3 Å². The predicted octanol–water partition coefficient (Wildman–Crippen LogP) is 3.34. The van der Waals surface area contributed by atoms with Gasteiger partial charge in [0.05, 0.1) is 11.6 Å². The van der Waals surface area contributed by atoms with Crippen LogP contribution in [0.5, 0.6) is 0 Å². The SMILES string of the molecule is CC(=O)N(O)C(C)C=Cc1cccc(C(F)(F)F)c1. The topological polar surface area (TPSA) is 40.5 Å². The van der Waals surface area contributed by atoms with Gasteiger partial charge < -0.3 is 0 Å². The fourth-order valence-corrected chi connectivity index (χ4v) is 1.44. The zero-order valence-corrected chi connectivity index (χ0v) is 10.5. The summed E-state index contributed by atoms with van der Waals surface area (Å²) in [6, 6.07) is 4.17. The van der Waals surface area contributed by atoms with Gasteiger partial charge in [0.15, 0.2) is 0 Å². The Labute approximate surface area is 108 Å². The number of nitrogens with zero attached hydrogens (tertiary/aromatic N) is 1. The molecule has 1 atom stereocenters. The summed E-state index contributed by atoms with van der Waals surface area (Å²) in [4.78, 5) is 10.9. The zero-order chi connectivity index (χ0) is 14.6. The van der Waals surface area contributed by atoms with E-state index in [0.29, 0.717) is 10.6 Å². The number of hydrogen-bond donors (Lipinski definition) is 1. The lowest BCUT2D eigenvalue weighted by atomic mass is 10.1. The third-order valence-corrected chi connectivity index (χ3v) is 2.49. The summed E-state index contributed by atoms with van der Waals surface area (Å²) in [6.45, 7) is 2.74. The maximum atomic E-state index is 12.5. The minimum absolute atomic E-state index is 0.346. The average molecular weight is 273 g/mol. The molecule has 6 heteroatoms. The molecule has 0 bridgehead atoms. The molecule has 1 unspecified atom stereocenters. The van der Waals surface area contributed by atoms with Crippen molar-refractivity contribution in [2.45, 2.75) is 26.1 Å². The molecule has 0 radical (unpaired) electrons. The number of alkyl halides is 3. The molecule has 0 aliphatic heterocycles. The smallest absolute Gasteiger partial charge is 0.285 e. The van der Waals surface area contributed by atoms with E-state index in [4.69, 9.17) is 0 Å². The Morgan fingerprint density at radius 2 is 2.05 bits per heavy atom. The van der Waals surface area contributed by atoms with Crippen LogP contribution in [0, 0.1) is 0 Å². The van der Waals surface area contributed by atoms with Crippen molar-refractivity contribution in [3.8, 4) is 0 Å². The second kappa shape index (κ2) is 5.88. The van der Waals surface area contributed by atoms with E-state index in [1.54, 1.807) is 6.92 Å². The van der Waals surface area contributed by atoms with Crippen LogP contribution in [0.3, 0.4) is 0 Å². The molecule has 0 aliphatic carbocycles. The lowest BCUT2D eigenvalue weighted by Gasteiger charge is -2.17. The minimum Gasteiger partial charge on any atom is -0.285 e. The molecule has 19 heavy (non-hydrogen) atoms. The van der Waals surface area contributed by atoms with Crippen molar-refractivity contribution in [3.05, 3.63) is 41.5 Å². The van der Waals surface area contributed by atoms with Crippen LogP contribution in [0.2, 0.25) is 0 Å². The Bertz CT molecular complexity index is 483. The summed E-state index contributed by atoms with van der Waals surface area (Å²) in [5, 5.41) is 9.81. The van der Waals surface area contributed by atoms with E-state index in [0.717, 1.165) is 12.1 Å². The quantitative estimate of drug-likeness (QED) is 0.677. The van der Waals surface area contributed by atoms with E-state index in [9.17, 15) is 23.2 Å². The molecule has 0 saturated heterocycles. The third kappa shape index (κ3) is 4.40. The number of hydroxylamine groups is 2. The maximum absolute atomic E-state index is 12.5. The molecule has 0 saturated carbocycles. The van der Waals surface area contributed by atoms with E-state index in [-0.39, 0.29) is 0 Å². The fraction of sp³-hybridized carbons (Fsp3) is 0.308. The second-order valence-electron chi connectivity index (χ2n) is 4.09. The molecule has 1 amide bonds. The highest BCUT2D eigenvalue weighted by molar-refractivity contribution is 5.72. The molecular weight excluding hydrogens is 259 g/mol. The van der Waals surface area contributed by atoms with Gasteiger partial charge in [0.2, 0.25) is 5.91 Å². The Hall–Kier alpha value is -1.82. The first kappa shape index (κ1) is 15.2. The zero-order valence-electron chi connectivity index (χ0n) is 10.5. The highest BCUT2D eigenvalue weighted by Gasteiger charge is 2.30. The summed E-state index contributed by atoms with van der Waals surface area (Å²) in [5.74, 6) is -0.541. The van der Waals surface area contributed by atoms with Gasteiger partial charge in [-0.3, -0.25) is 10.0 Å². The fourth-order valence-electron chi connectivity index (χ4n) is 1.44. The Morgan fingerprint density at radius 1 is 1.42 bits per heavy atom. The molecule has 1 aromatic carbocycles. The second-order valence-corrected chi connectivity index (χ2v) is 4.09. The molecule has 1 rings (SSSR count). The summed E-state index contributed by atoms with van der Waals surface area (Å²) in [7, 11) is 0. The molecule has 1 aromatic rings. The van der Waals surface area contributed by atoms with Crippen molar-refractivity contribution < 1.29 is 23.2 Å². The first-order valence-corrected chi connectivity index (χ1v) is 5.56. The molecular formula is C13H14F3NO2. The van der Waals surface area contributed by atoms with Crippen LogP contribution in [-0.4, -0.2) is 22.2 Å². The number of carbonyl (C=O) groups excluding carboxylic acids is 1. The van der Waals surface area contributed by atoms with Crippen molar-refractivity contribution in [3.63, 3.8) is 0 Å². The van der Waals surface area contributed by atoms with Crippen molar-refractivity contribution in [1.29, 1.82) is 0 Å². The Kier molecular flexibility index (Phi) is 4.72. The number of carbonyl (C=O) groups is 1. The van der Waals surface area contributed by atoms with Crippen LogP contribution < -0.4 is 0 Å². The lowest BCUT2D eigenvalue weighted by Crippen LogP contribution is -2.32. The maximum Gasteiger partial charge on any atom is 0.416 e. The van der Waals surface area contributed by atoms with E-state index < -0.39 is 23.7 Å². The van der Waals surface area contributed by atoms with E-state index in [2.05, 4.69) is 0 Å². The number of amides is 1. The summed E-state index contributed by atoms with van der Waals surface area (Å²) in [5.41, 5.74) is -0.395. The standard InChI is InChI=1S/C13H14F3NO2/c1-9(17(19)10(2)18)6-7-11-4-3-5-12(8-11)13(14,15)16/h3-9,19H,1-2H3. The number of benzene rings is 1. The van der Waals surface area contributed by atoms with Crippen LogP contribution in [-0.2, 0) is 11.0 Å². The summed E-state index contributed by atoms with van der Waals surface area (Å²) in [6.07, 6.45) is -1.53. The molecule has 0 fully saturated rings. The van der Waals surface area contributed by atoms with Crippen LogP contribution in [0.25, 0.3) is 6.08 Å². The first-order chi connectivity index (χ1) is 8.71. The normalized spacial score (nSPS) is 13.6.